The minimum absolute atomic E-state index is 0.0982. The van der Waals surface area contributed by atoms with Crippen LogP contribution in [0.5, 0.6) is 11.5 Å². The zero-order chi connectivity index (χ0) is 30.9. The van der Waals surface area contributed by atoms with Crippen molar-refractivity contribution in [3.05, 3.63) is 46.9 Å². The minimum Gasteiger partial charge on any atom is -0.497 e. The maximum Gasteiger partial charge on any atom is 0.407 e. The smallest absolute Gasteiger partial charge is 0.407 e. The van der Waals surface area contributed by atoms with Gasteiger partial charge < -0.3 is 29.7 Å². The molecule has 2 unspecified atom stereocenters. The third-order valence-electron chi connectivity index (χ3n) is 7.95. The molecule has 0 radical (unpaired) electrons. The number of methoxy groups -OCH3 is 2. The van der Waals surface area contributed by atoms with Gasteiger partial charge >= 0.3 is 6.09 Å². The molecular formula is C31H41N7O5. The van der Waals surface area contributed by atoms with E-state index in [2.05, 4.69) is 15.7 Å². The predicted molar refractivity (Wildman–Crippen MR) is 161 cm³/mol. The second-order valence-corrected chi connectivity index (χ2v) is 12.1. The Hall–Kier alpha value is -4.35. The molecule has 12 nitrogen and oxygen atoms in total. The summed E-state index contributed by atoms with van der Waals surface area (Å²) in [6.07, 6.45) is 4.96. The van der Waals surface area contributed by atoms with Crippen molar-refractivity contribution in [1.29, 1.82) is 0 Å². The van der Waals surface area contributed by atoms with Crippen molar-refractivity contribution in [2.45, 2.75) is 84.2 Å². The number of alkyl carbamates (subject to hydrolysis) is 1. The molecule has 2 aliphatic rings. The van der Waals surface area contributed by atoms with E-state index in [1.165, 1.54) is 0 Å². The van der Waals surface area contributed by atoms with Gasteiger partial charge in [0.15, 0.2) is 0 Å². The van der Waals surface area contributed by atoms with Crippen molar-refractivity contribution in [2.75, 3.05) is 19.5 Å². The lowest BCUT2D eigenvalue weighted by Gasteiger charge is -2.33. The van der Waals surface area contributed by atoms with Crippen LogP contribution in [0.4, 0.5) is 10.7 Å². The Morgan fingerprint density at radius 2 is 1.84 bits per heavy atom. The van der Waals surface area contributed by atoms with E-state index in [-0.39, 0.29) is 18.0 Å². The van der Waals surface area contributed by atoms with Crippen molar-refractivity contribution >= 4 is 17.9 Å². The van der Waals surface area contributed by atoms with Gasteiger partial charge in [-0.2, -0.15) is 5.10 Å². The number of hydrogen-bond acceptors (Lipinski definition) is 9. The summed E-state index contributed by atoms with van der Waals surface area (Å²) in [6.45, 7) is 8.14. The van der Waals surface area contributed by atoms with Crippen molar-refractivity contribution in [1.82, 2.24) is 30.0 Å². The molecule has 1 aliphatic carbocycles. The highest BCUT2D eigenvalue weighted by Crippen LogP contribution is 2.35. The first kappa shape index (κ1) is 30.1. The van der Waals surface area contributed by atoms with Gasteiger partial charge in [-0.15, -0.1) is 0 Å². The monoisotopic (exact) mass is 591 g/mol. The summed E-state index contributed by atoms with van der Waals surface area (Å²) in [4.78, 5) is 38.0. The highest BCUT2D eigenvalue weighted by Gasteiger charge is 2.36. The number of benzene rings is 1. The highest BCUT2D eigenvalue weighted by molar-refractivity contribution is 6.03. The summed E-state index contributed by atoms with van der Waals surface area (Å²) in [5.74, 6) is 1.58. The van der Waals surface area contributed by atoms with Crippen LogP contribution < -0.4 is 20.1 Å². The molecule has 1 fully saturated rings. The normalized spacial score (nSPS) is 18.3. The molecule has 1 aliphatic heterocycles. The van der Waals surface area contributed by atoms with E-state index in [4.69, 9.17) is 24.2 Å². The van der Waals surface area contributed by atoms with E-state index in [1.54, 1.807) is 36.1 Å². The average Bonchev–Trinajstić information content (AvgIpc) is 3.46. The number of anilines is 1. The van der Waals surface area contributed by atoms with Gasteiger partial charge in [-0.25, -0.2) is 14.8 Å². The number of carbonyl (C=O) groups is 2. The number of nitrogens with zero attached hydrogens (tertiary/aromatic N) is 5. The molecule has 2 atom stereocenters. The van der Waals surface area contributed by atoms with Gasteiger partial charge in [0.1, 0.15) is 17.1 Å². The molecule has 2 amide bonds. The molecule has 0 saturated heterocycles. The molecule has 43 heavy (non-hydrogen) atoms. The van der Waals surface area contributed by atoms with Gasteiger partial charge in [0.05, 0.1) is 56.5 Å². The summed E-state index contributed by atoms with van der Waals surface area (Å²) >= 11 is 0. The highest BCUT2D eigenvalue weighted by atomic mass is 16.6. The predicted octanol–water partition coefficient (Wildman–Crippen LogP) is 4.61. The molecule has 1 saturated carbocycles. The fourth-order valence-corrected chi connectivity index (χ4v) is 5.66. The Morgan fingerprint density at radius 3 is 2.49 bits per heavy atom. The number of amides is 2. The molecule has 2 N–H and O–H groups in total. The van der Waals surface area contributed by atoms with E-state index < -0.39 is 11.7 Å². The third-order valence-corrected chi connectivity index (χ3v) is 7.95. The summed E-state index contributed by atoms with van der Waals surface area (Å²) in [5, 5.41) is 10.9. The number of hydrogen-bond donors (Lipinski definition) is 2. The van der Waals surface area contributed by atoms with E-state index >= 15 is 0 Å². The van der Waals surface area contributed by atoms with Crippen LogP contribution in [0.25, 0.3) is 11.3 Å². The number of fused-ring (bicyclic) bond motifs is 1. The Balaban J connectivity index is 1.46. The first-order chi connectivity index (χ1) is 20.5. The van der Waals surface area contributed by atoms with Crippen LogP contribution >= 0.6 is 0 Å². The van der Waals surface area contributed by atoms with E-state index in [1.807, 2.05) is 46.9 Å². The van der Waals surface area contributed by atoms with Crippen molar-refractivity contribution in [2.24, 2.45) is 7.05 Å². The Labute approximate surface area is 252 Å². The summed E-state index contributed by atoms with van der Waals surface area (Å²) in [6, 6.07) is 5.31. The molecule has 1 aromatic carbocycles. The first-order valence-electron chi connectivity index (χ1n) is 14.6. The minimum atomic E-state index is -0.588. The maximum atomic E-state index is 13.9. The van der Waals surface area contributed by atoms with Gasteiger partial charge in [-0.05, 0) is 52.7 Å². The zero-order valence-electron chi connectivity index (χ0n) is 26.0. The molecule has 0 spiro atoms. The first-order valence-corrected chi connectivity index (χ1v) is 14.6. The lowest BCUT2D eigenvalue weighted by Crippen LogP contribution is -2.50. The van der Waals surface area contributed by atoms with Crippen LogP contribution in [-0.2, 0) is 24.9 Å². The van der Waals surface area contributed by atoms with Gasteiger partial charge in [0.2, 0.25) is 5.95 Å². The van der Waals surface area contributed by atoms with Gasteiger partial charge in [0.25, 0.3) is 5.91 Å². The van der Waals surface area contributed by atoms with Crippen LogP contribution in [0.2, 0.25) is 0 Å². The van der Waals surface area contributed by atoms with Crippen molar-refractivity contribution in [3.8, 4) is 22.8 Å². The van der Waals surface area contributed by atoms with Crippen LogP contribution in [-0.4, -0.2) is 68.6 Å². The maximum absolute atomic E-state index is 13.9. The number of ether oxygens (including phenoxy) is 3. The summed E-state index contributed by atoms with van der Waals surface area (Å²) < 4.78 is 18.2. The third kappa shape index (κ3) is 6.52. The van der Waals surface area contributed by atoms with Crippen LogP contribution in [0.1, 0.15) is 73.8 Å². The number of aryl methyl sites for hydroxylation is 1. The molecular weight excluding hydrogens is 550 g/mol. The molecule has 3 aromatic rings. The lowest BCUT2D eigenvalue weighted by molar-refractivity contribution is 0.0488. The van der Waals surface area contributed by atoms with Crippen molar-refractivity contribution < 1.29 is 23.8 Å². The summed E-state index contributed by atoms with van der Waals surface area (Å²) in [7, 11) is 5.06. The van der Waals surface area contributed by atoms with Gasteiger partial charge in [0, 0.05) is 36.0 Å². The summed E-state index contributed by atoms with van der Waals surface area (Å²) in [5.41, 5.74) is 3.58. The van der Waals surface area contributed by atoms with Crippen molar-refractivity contribution in [3.63, 3.8) is 0 Å². The molecule has 2 aromatic heterocycles. The Morgan fingerprint density at radius 1 is 1.09 bits per heavy atom. The Bertz CT molecular complexity index is 1510. The second-order valence-electron chi connectivity index (χ2n) is 12.1. The zero-order valence-corrected chi connectivity index (χ0v) is 26.0. The fourth-order valence-electron chi connectivity index (χ4n) is 5.66. The lowest BCUT2D eigenvalue weighted by atomic mass is 9.90. The molecule has 5 rings (SSSR count). The fraction of sp³-hybridized carbons (Fsp3) is 0.516. The topological polar surface area (TPSA) is 133 Å². The Kier molecular flexibility index (Phi) is 8.48. The van der Waals surface area contributed by atoms with E-state index in [9.17, 15) is 9.59 Å². The average molecular weight is 592 g/mol. The van der Waals surface area contributed by atoms with E-state index in [0.717, 1.165) is 42.5 Å². The SMILES string of the molecule is COc1ccc(CN2Cc3nc(NC4CCCCC4NC(=O)OC(C)(C)C)nc(-c4cnn(C)c4C)c3C2=O)c(OC)c1. The standard InChI is InChI=1S/C31H41N7O5/c1-18-21(15-32-37(18)5)27-26-24(17-38(28(26)39)16-19-12-13-20(41-6)14-25(19)42-7)34-29(36-27)33-22-10-8-9-11-23(22)35-30(40)43-31(2,3)4/h12-15,22-23H,8-11,16-17H2,1-7H3,(H,35,40)(H,33,34,36). The van der Waals surface area contributed by atoms with Crippen LogP contribution in [0, 0.1) is 6.92 Å². The molecule has 12 heteroatoms. The van der Waals surface area contributed by atoms with Crippen LogP contribution in [0.15, 0.2) is 24.4 Å². The quantitative estimate of drug-likeness (QED) is 0.385. The van der Waals surface area contributed by atoms with Gasteiger partial charge in [-0.1, -0.05) is 12.8 Å². The molecule has 0 bridgehead atoms. The second kappa shape index (κ2) is 12.1. The molecule has 3 heterocycles. The van der Waals surface area contributed by atoms with E-state index in [0.29, 0.717) is 47.5 Å². The number of aromatic nitrogens is 4. The number of carbonyl (C=O) groups excluding carboxylic acids is 2. The largest absolute Gasteiger partial charge is 0.497 e. The molecule has 230 valence electrons. The van der Waals surface area contributed by atoms with Crippen LogP contribution in [0.3, 0.4) is 0 Å². The number of nitrogens with one attached hydrogen (secondary N) is 2. The number of rotatable bonds is 8. The van der Waals surface area contributed by atoms with Gasteiger partial charge in [-0.3, -0.25) is 9.48 Å².